The third-order valence-electron chi connectivity index (χ3n) is 2.33. The highest BCUT2D eigenvalue weighted by Gasteiger charge is 2.05. The number of carbonyl (C=O) groups excluding carboxylic acids is 1. The molecular formula is C13H13ClN2O2S. The molecule has 1 aromatic carbocycles. The van der Waals surface area contributed by atoms with Crippen LogP contribution in [0.3, 0.4) is 0 Å². The molecule has 1 aromatic heterocycles. The van der Waals surface area contributed by atoms with Crippen molar-refractivity contribution in [1.82, 2.24) is 9.78 Å². The zero-order chi connectivity index (χ0) is 13.7. The Morgan fingerprint density at radius 3 is 2.79 bits per heavy atom. The maximum absolute atomic E-state index is 11.6. The molecule has 19 heavy (non-hydrogen) atoms. The molecule has 0 unspecified atom stereocenters. The molecule has 0 saturated carbocycles. The number of nitrogens with zero attached hydrogens (tertiary/aromatic N) is 2. The lowest BCUT2D eigenvalue weighted by molar-refractivity contribution is -0.141. The predicted molar refractivity (Wildman–Crippen MR) is 75.2 cm³/mol. The lowest BCUT2D eigenvalue weighted by Crippen LogP contribution is -2.06. The number of rotatable bonds is 5. The van der Waals surface area contributed by atoms with E-state index in [4.69, 9.17) is 16.3 Å². The van der Waals surface area contributed by atoms with E-state index >= 15 is 0 Å². The largest absolute Gasteiger partial charge is 0.460 e. The molecule has 0 aliphatic carbocycles. The molecule has 0 spiro atoms. The summed E-state index contributed by atoms with van der Waals surface area (Å²) in [6.07, 6.45) is 3.50. The van der Waals surface area contributed by atoms with Gasteiger partial charge in [0.1, 0.15) is 6.61 Å². The number of benzene rings is 1. The van der Waals surface area contributed by atoms with E-state index in [2.05, 4.69) is 5.10 Å². The number of hydrogen-bond acceptors (Lipinski definition) is 4. The van der Waals surface area contributed by atoms with Gasteiger partial charge >= 0.3 is 5.97 Å². The van der Waals surface area contributed by atoms with Crippen LogP contribution in [0.2, 0.25) is 5.02 Å². The Hall–Kier alpha value is -1.46. The van der Waals surface area contributed by atoms with Crippen molar-refractivity contribution in [3.8, 4) is 0 Å². The second-order valence-electron chi connectivity index (χ2n) is 3.93. The minimum absolute atomic E-state index is 0.246. The van der Waals surface area contributed by atoms with Crippen molar-refractivity contribution in [2.24, 2.45) is 7.05 Å². The number of halogens is 1. The average molecular weight is 297 g/mol. The van der Waals surface area contributed by atoms with Crippen molar-refractivity contribution >= 4 is 29.3 Å². The lowest BCUT2D eigenvalue weighted by Gasteiger charge is -2.03. The molecule has 2 aromatic rings. The highest BCUT2D eigenvalue weighted by atomic mass is 35.5. The number of carbonyl (C=O) groups is 1. The molecule has 0 aliphatic rings. The van der Waals surface area contributed by atoms with Crippen LogP contribution >= 0.6 is 23.4 Å². The Labute approximate surface area is 120 Å². The van der Waals surface area contributed by atoms with Gasteiger partial charge in [-0.05, 0) is 24.3 Å². The van der Waals surface area contributed by atoms with E-state index < -0.39 is 0 Å². The summed E-state index contributed by atoms with van der Waals surface area (Å²) in [5, 5.41) is 4.69. The predicted octanol–water partition coefficient (Wildman–Crippen LogP) is 2.91. The molecule has 100 valence electrons. The van der Waals surface area contributed by atoms with Gasteiger partial charge in [0.25, 0.3) is 0 Å². The molecule has 1 heterocycles. The Morgan fingerprint density at radius 1 is 1.42 bits per heavy atom. The summed E-state index contributed by atoms with van der Waals surface area (Å²) in [7, 11) is 1.82. The number of hydrogen-bond donors (Lipinski definition) is 0. The SMILES string of the molecule is Cn1cc(COC(=O)CSc2ccc(Cl)cc2)cn1. The molecule has 4 nitrogen and oxygen atoms in total. The Kier molecular flexibility index (Phi) is 4.87. The van der Waals surface area contributed by atoms with Crippen LogP contribution in [-0.2, 0) is 23.2 Å². The van der Waals surface area contributed by atoms with Gasteiger partial charge in [-0.1, -0.05) is 11.6 Å². The van der Waals surface area contributed by atoms with Crippen molar-refractivity contribution in [3.05, 3.63) is 47.2 Å². The summed E-state index contributed by atoms with van der Waals surface area (Å²) < 4.78 is 6.82. The minimum atomic E-state index is -0.246. The van der Waals surface area contributed by atoms with Gasteiger partial charge in [0, 0.05) is 28.7 Å². The van der Waals surface area contributed by atoms with Crippen molar-refractivity contribution < 1.29 is 9.53 Å². The fraction of sp³-hybridized carbons (Fsp3) is 0.231. The fourth-order valence-corrected chi connectivity index (χ4v) is 2.25. The molecule has 0 amide bonds. The first kappa shape index (κ1) is 14.0. The molecule has 2 rings (SSSR count). The number of ether oxygens (including phenoxy) is 1. The molecule has 0 atom stereocenters. The van der Waals surface area contributed by atoms with Gasteiger partial charge in [-0.3, -0.25) is 9.48 Å². The molecule has 0 fully saturated rings. The van der Waals surface area contributed by atoms with Crippen LogP contribution in [-0.4, -0.2) is 21.5 Å². The highest BCUT2D eigenvalue weighted by Crippen LogP contribution is 2.20. The first-order valence-corrected chi connectivity index (χ1v) is 7.01. The molecular weight excluding hydrogens is 284 g/mol. The van der Waals surface area contributed by atoms with Crippen LogP contribution in [0, 0.1) is 0 Å². The molecule has 0 aliphatic heterocycles. The number of esters is 1. The van der Waals surface area contributed by atoms with Gasteiger partial charge in [-0.15, -0.1) is 11.8 Å². The summed E-state index contributed by atoms with van der Waals surface area (Å²) in [4.78, 5) is 12.6. The van der Waals surface area contributed by atoms with Crippen LogP contribution in [0.25, 0.3) is 0 Å². The Balaban J connectivity index is 1.74. The summed E-state index contributed by atoms with van der Waals surface area (Å²) in [5.41, 5.74) is 0.882. The van der Waals surface area contributed by atoms with Gasteiger partial charge in [0.05, 0.1) is 11.9 Å². The van der Waals surface area contributed by atoms with Gasteiger partial charge in [0.2, 0.25) is 0 Å². The standard InChI is InChI=1S/C13H13ClN2O2S/c1-16-7-10(6-15-16)8-18-13(17)9-19-12-4-2-11(14)3-5-12/h2-7H,8-9H2,1H3. The number of aryl methyl sites for hydroxylation is 1. The lowest BCUT2D eigenvalue weighted by atomic mass is 10.4. The van der Waals surface area contributed by atoms with E-state index in [-0.39, 0.29) is 18.3 Å². The second-order valence-corrected chi connectivity index (χ2v) is 5.41. The normalized spacial score (nSPS) is 10.4. The van der Waals surface area contributed by atoms with Crippen LogP contribution in [0.5, 0.6) is 0 Å². The van der Waals surface area contributed by atoms with E-state index in [0.29, 0.717) is 5.02 Å². The smallest absolute Gasteiger partial charge is 0.316 e. The first-order valence-electron chi connectivity index (χ1n) is 5.65. The maximum Gasteiger partial charge on any atom is 0.316 e. The molecule has 0 radical (unpaired) electrons. The van der Waals surface area contributed by atoms with E-state index in [1.54, 1.807) is 23.0 Å². The van der Waals surface area contributed by atoms with Gasteiger partial charge in [-0.2, -0.15) is 5.10 Å². The maximum atomic E-state index is 11.6. The fourth-order valence-electron chi connectivity index (χ4n) is 1.42. The summed E-state index contributed by atoms with van der Waals surface area (Å²) in [6, 6.07) is 7.35. The Morgan fingerprint density at radius 2 is 2.16 bits per heavy atom. The van der Waals surface area contributed by atoms with Crippen molar-refractivity contribution in [1.29, 1.82) is 0 Å². The summed E-state index contributed by atoms with van der Waals surface area (Å²) in [6.45, 7) is 0.258. The second kappa shape index (κ2) is 6.63. The van der Waals surface area contributed by atoms with E-state index in [9.17, 15) is 4.79 Å². The van der Waals surface area contributed by atoms with Crippen LogP contribution in [0.1, 0.15) is 5.56 Å². The summed E-state index contributed by atoms with van der Waals surface area (Å²) in [5.74, 6) is 0.0332. The van der Waals surface area contributed by atoms with E-state index in [1.165, 1.54) is 11.8 Å². The van der Waals surface area contributed by atoms with Crippen LogP contribution in [0.4, 0.5) is 0 Å². The van der Waals surface area contributed by atoms with Crippen LogP contribution in [0.15, 0.2) is 41.6 Å². The van der Waals surface area contributed by atoms with Crippen molar-refractivity contribution in [2.45, 2.75) is 11.5 Å². The van der Waals surface area contributed by atoms with Crippen molar-refractivity contribution in [2.75, 3.05) is 5.75 Å². The monoisotopic (exact) mass is 296 g/mol. The Bertz CT molecular complexity index is 554. The van der Waals surface area contributed by atoms with Crippen LogP contribution < -0.4 is 0 Å². The van der Waals surface area contributed by atoms with E-state index in [0.717, 1.165) is 10.5 Å². The third kappa shape index (κ3) is 4.61. The molecule has 0 bridgehead atoms. The minimum Gasteiger partial charge on any atom is -0.460 e. The number of thioether (sulfide) groups is 1. The zero-order valence-corrected chi connectivity index (χ0v) is 11.9. The highest BCUT2D eigenvalue weighted by molar-refractivity contribution is 8.00. The van der Waals surface area contributed by atoms with Gasteiger partial charge in [0.15, 0.2) is 0 Å². The quantitative estimate of drug-likeness (QED) is 0.628. The third-order valence-corrected chi connectivity index (χ3v) is 3.57. The average Bonchev–Trinajstić information content (AvgIpc) is 2.81. The van der Waals surface area contributed by atoms with Gasteiger partial charge in [-0.25, -0.2) is 0 Å². The van der Waals surface area contributed by atoms with Gasteiger partial charge < -0.3 is 4.74 Å². The summed E-state index contributed by atoms with van der Waals surface area (Å²) >= 11 is 7.21. The molecule has 6 heteroatoms. The zero-order valence-electron chi connectivity index (χ0n) is 10.4. The molecule has 0 saturated heterocycles. The van der Waals surface area contributed by atoms with Crippen molar-refractivity contribution in [3.63, 3.8) is 0 Å². The number of aromatic nitrogens is 2. The molecule has 0 N–H and O–H groups in total. The topological polar surface area (TPSA) is 44.1 Å². The van der Waals surface area contributed by atoms with E-state index in [1.807, 2.05) is 25.4 Å². The first-order chi connectivity index (χ1) is 9.13.